The van der Waals surface area contributed by atoms with Gasteiger partial charge in [-0.15, -0.1) is 0 Å². The second kappa shape index (κ2) is 5.54. The Morgan fingerprint density at radius 3 is 2.59 bits per heavy atom. The number of methoxy groups -OCH3 is 1. The summed E-state index contributed by atoms with van der Waals surface area (Å²) in [7, 11) is 1.25. The molecule has 0 unspecified atom stereocenters. The van der Waals surface area contributed by atoms with Crippen LogP contribution in [0.1, 0.15) is 17.3 Å². The van der Waals surface area contributed by atoms with Gasteiger partial charge in [-0.2, -0.15) is 0 Å². The number of esters is 1. The zero-order chi connectivity index (χ0) is 13.0. The van der Waals surface area contributed by atoms with Gasteiger partial charge in [0.25, 0.3) is 5.91 Å². The third kappa shape index (κ3) is 3.64. The van der Waals surface area contributed by atoms with Gasteiger partial charge in [-0.25, -0.2) is 4.79 Å². The zero-order valence-electron chi connectivity index (χ0n) is 9.49. The van der Waals surface area contributed by atoms with Crippen molar-refractivity contribution >= 4 is 29.2 Å². The molecule has 17 heavy (non-hydrogen) atoms. The number of benzene rings is 1. The molecule has 0 saturated carbocycles. The molecule has 0 saturated heterocycles. The van der Waals surface area contributed by atoms with Crippen molar-refractivity contribution in [2.45, 2.75) is 13.0 Å². The standard InChI is InChI=1S/C11H13ClN2O3/c1-6(11(16)17-2)14-10(15)7-3-8(12)5-9(13)4-7/h3-6H,13H2,1-2H3,(H,14,15)/t6-/m0/s1. The van der Waals surface area contributed by atoms with Crippen LogP contribution in [0.25, 0.3) is 0 Å². The highest BCUT2D eigenvalue weighted by molar-refractivity contribution is 6.31. The average Bonchev–Trinajstić information content (AvgIpc) is 2.26. The number of amides is 1. The Balaban J connectivity index is 2.79. The molecular formula is C11H13ClN2O3. The summed E-state index contributed by atoms with van der Waals surface area (Å²) < 4.78 is 4.49. The molecular weight excluding hydrogens is 244 g/mol. The molecule has 0 radical (unpaired) electrons. The van der Waals surface area contributed by atoms with Crippen molar-refractivity contribution in [2.75, 3.05) is 12.8 Å². The van der Waals surface area contributed by atoms with Gasteiger partial charge in [0.05, 0.1) is 7.11 Å². The number of hydrogen-bond acceptors (Lipinski definition) is 4. The van der Waals surface area contributed by atoms with E-state index in [-0.39, 0.29) is 0 Å². The first-order valence-electron chi connectivity index (χ1n) is 4.89. The average molecular weight is 257 g/mol. The number of nitrogens with one attached hydrogen (secondary N) is 1. The topological polar surface area (TPSA) is 81.4 Å². The van der Waals surface area contributed by atoms with E-state index in [0.717, 1.165) is 0 Å². The summed E-state index contributed by atoms with van der Waals surface area (Å²) in [4.78, 5) is 22.9. The number of hydrogen-bond donors (Lipinski definition) is 2. The molecule has 6 heteroatoms. The minimum atomic E-state index is -0.729. The number of nitrogen functional groups attached to an aromatic ring is 1. The molecule has 1 atom stereocenters. The summed E-state index contributed by atoms with van der Waals surface area (Å²) in [5.74, 6) is -0.953. The van der Waals surface area contributed by atoms with Crippen LogP contribution in [0.3, 0.4) is 0 Å². The molecule has 1 rings (SSSR count). The van der Waals surface area contributed by atoms with Gasteiger partial charge in [0.1, 0.15) is 6.04 Å². The number of carbonyl (C=O) groups is 2. The van der Waals surface area contributed by atoms with Gasteiger partial charge in [-0.1, -0.05) is 11.6 Å². The molecule has 92 valence electrons. The van der Waals surface area contributed by atoms with E-state index in [9.17, 15) is 9.59 Å². The first kappa shape index (κ1) is 13.3. The van der Waals surface area contributed by atoms with Crippen molar-refractivity contribution in [3.05, 3.63) is 28.8 Å². The van der Waals surface area contributed by atoms with Crippen LogP contribution in [-0.2, 0) is 9.53 Å². The minimum absolute atomic E-state index is 0.297. The van der Waals surface area contributed by atoms with Gasteiger partial charge >= 0.3 is 5.97 Å². The van der Waals surface area contributed by atoms with E-state index < -0.39 is 17.9 Å². The van der Waals surface area contributed by atoms with E-state index in [2.05, 4.69) is 10.1 Å². The van der Waals surface area contributed by atoms with Crippen LogP contribution in [0.2, 0.25) is 5.02 Å². The fourth-order valence-electron chi connectivity index (χ4n) is 1.26. The second-order valence-corrected chi connectivity index (χ2v) is 3.93. The van der Waals surface area contributed by atoms with Crippen molar-refractivity contribution < 1.29 is 14.3 Å². The number of ether oxygens (including phenoxy) is 1. The summed E-state index contributed by atoms with van der Waals surface area (Å²) in [6.07, 6.45) is 0. The molecule has 5 nitrogen and oxygen atoms in total. The fraction of sp³-hybridized carbons (Fsp3) is 0.273. The molecule has 1 amide bonds. The number of nitrogens with two attached hydrogens (primary N) is 1. The van der Waals surface area contributed by atoms with Crippen LogP contribution >= 0.6 is 11.6 Å². The van der Waals surface area contributed by atoms with Crippen LogP contribution < -0.4 is 11.1 Å². The molecule has 0 heterocycles. The van der Waals surface area contributed by atoms with Gasteiger partial charge in [-0.3, -0.25) is 4.79 Å². The van der Waals surface area contributed by atoms with E-state index in [4.69, 9.17) is 17.3 Å². The smallest absolute Gasteiger partial charge is 0.328 e. The largest absolute Gasteiger partial charge is 0.467 e. The zero-order valence-corrected chi connectivity index (χ0v) is 10.2. The molecule has 0 bridgehead atoms. The first-order valence-corrected chi connectivity index (χ1v) is 5.26. The SMILES string of the molecule is COC(=O)[C@H](C)NC(=O)c1cc(N)cc(Cl)c1. The normalized spacial score (nSPS) is 11.7. The van der Waals surface area contributed by atoms with E-state index >= 15 is 0 Å². The maximum Gasteiger partial charge on any atom is 0.328 e. The molecule has 0 fully saturated rings. The maximum absolute atomic E-state index is 11.7. The maximum atomic E-state index is 11.7. The van der Waals surface area contributed by atoms with Crippen molar-refractivity contribution in [1.29, 1.82) is 0 Å². The van der Waals surface area contributed by atoms with Crippen molar-refractivity contribution in [2.24, 2.45) is 0 Å². The molecule has 0 aliphatic rings. The lowest BCUT2D eigenvalue weighted by molar-refractivity contribution is -0.142. The first-order chi connectivity index (χ1) is 7.93. The highest BCUT2D eigenvalue weighted by Crippen LogP contribution is 2.16. The summed E-state index contributed by atoms with van der Waals surface area (Å²) in [5.41, 5.74) is 6.24. The van der Waals surface area contributed by atoms with Crippen molar-refractivity contribution in [3.8, 4) is 0 Å². The Hall–Kier alpha value is -1.75. The Morgan fingerprint density at radius 2 is 2.06 bits per heavy atom. The minimum Gasteiger partial charge on any atom is -0.467 e. The summed E-state index contributed by atoms with van der Waals surface area (Å²) in [6, 6.07) is 3.75. The molecule has 0 spiro atoms. The molecule has 1 aromatic rings. The monoisotopic (exact) mass is 256 g/mol. The van der Waals surface area contributed by atoms with Crippen molar-refractivity contribution in [3.63, 3.8) is 0 Å². The Kier molecular flexibility index (Phi) is 4.34. The molecule has 1 aromatic carbocycles. The van der Waals surface area contributed by atoms with Gasteiger partial charge < -0.3 is 15.8 Å². The lowest BCUT2D eigenvalue weighted by Crippen LogP contribution is -2.39. The Morgan fingerprint density at radius 1 is 1.41 bits per heavy atom. The van der Waals surface area contributed by atoms with Crippen LogP contribution in [0.4, 0.5) is 5.69 Å². The molecule has 0 aliphatic carbocycles. The second-order valence-electron chi connectivity index (χ2n) is 3.49. The fourth-order valence-corrected chi connectivity index (χ4v) is 1.50. The highest BCUT2D eigenvalue weighted by Gasteiger charge is 2.17. The van der Waals surface area contributed by atoms with E-state index in [0.29, 0.717) is 16.3 Å². The van der Waals surface area contributed by atoms with Gasteiger partial charge in [0.15, 0.2) is 0 Å². The van der Waals surface area contributed by atoms with Crippen LogP contribution in [0.15, 0.2) is 18.2 Å². The van der Waals surface area contributed by atoms with Gasteiger partial charge in [0, 0.05) is 16.3 Å². The van der Waals surface area contributed by atoms with E-state index in [1.165, 1.54) is 32.2 Å². The van der Waals surface area contributed by atoms with Crippen LogP contribution in [-0.4, -0.2) is 25.0 Å². The van der Waals surface area contributed by atoms with Gasteiger partial charge in [-0.05, 0) is 25.1 Å². The number of anilines is 1. The number of carbonyl (C=O) groups excluding carboxylic acids is 2. The highest BCUT2D eigenvalue weighted by atomic mass is 35.5. The van der Waals surface area contributed by atoms with Crippen molar-refractivity contribution in [1.82, 2.24) is 5.32 Å². The summed E-state index contributed by atoms with van der Waals surface area (Å²) in [6.45, 7) is 1.53. The quantitative estimate of drug-likeness (QED) is 0.629. The lowest BCUT2D eigenvalue weighted by Gasteiger charge is -2.11. The summed E-state index contributed by atoms with van der Waals surface area (Å²) >= 11 is 5.77. The third-order valence-corrected chi connectivity index (χ3v) is 2.30. The van der Waals surface area contributed by atoms with Crippen LogP contribution in [0.5, 0.6) is 0 Å². The van der Waals surface area contributed by atoms with Crippen LogP contribution in [0, 0.1) is 0 Å². The summed E-state index contributed by atoms with van der Waals surface area (Å²) in [5, 5.41) is 2.84. The lowest BCUT2D eigenvalue weighted by atomic mass is 10.2. The number of halogens is 1. The molecule has 0 aromatic heterocycles. The van der Waals surface area contributed by atoms with E-state index in [1.54, 1.807) is 0 Å². The predicted molar refractivity (Wildman–Crippen MR) is 64.8 cm³/mol. The third-order valence-electron chi connectivity index (χ3n) is 2.08. The molecule has 3 N–H and O–H groups in total. The van der Waals surface area contributed by atoms with Gasteiger partial charge in [0.2, 0.25) is 0 Å². The number of rotatable bonds is 3. The predicted octanol–water partition coefficient (Wildman–Crippen LogP) is 1.21. The Bertz CT molecular complexity index is 428. The molecule has 0 aliphatic heterocycles. The van der Waals surface area contributed by atoms with E-state index in [1.807, 2.05) is 0 Å². The Labute approximate surface area is 104 Å².